The minimum atomic E-state index is -0.0473. The second-order valence-corrected chi connectivity index (χ2v) is 3.76. The number of hydrogen-bond donors (Lipinski definition) is 3. The van der Waals surface area contributed by atoms with Gasteiger partial charge in [0.1, 0.15) is 0 Å². The second-order valence-electron chi connectivity index (χ2n) is 3.76. The Kier molecular flexibility index (Phi) is 5.81. The fraction of sp³-hybridized carbons (Fsp3) is 0.800. The van der Waals surface area contributed by atoms with Gasteiger partial charge in [-0.2, -0.15) is 0 Å². The highest BCUT2D eigenvalue weighted by atomic mass is 16.5. The molecule has 0 saturated carbocycles. The van der Waals surface area contributed by atoms with Crippen LogP contribution >= 0.6 is 0 Å². The van der Waals surface area contributed by atoms with Crippen LogP contribution in [0.3, 0.4) is 0 Å². The maximum Gasteiger partial charge on any atom is 0.234 e. The first-order valence-electron chi connectivity index (χ1n) is 5.48. The van der Waals surface area contributed by atoms with Gasteiger partial charge in [0, 0.05) is 32.7 Å². The molecule has 3 N–H and O–H groups in total. The second kappa shape index (κ2) is 7.19. The van der Waals surface area contributed by atoms with Gasteiger partial charge in [-0.05, 0) is 6.42 Å². The SMILES string of the molecule is COCCNC(=O)CNC1CCC(=O)NC1. The summed E-state index contributed by atoms with van der Waals surface area (Å²) in [4.78, 5) is 22.2. The van der Waals surface area contributed by atoms with Crippen molar-refractivity contribution in [3.05, 3.63) is 0 Å². The van der Waals surface area contributed by atoms with Gasteiger partial charge in [0.25, 0.3) is 0 Å². The predicted molar refractivity (Wildman–Crippen MR) is 58.9 cm³/mol. The van der Waals surface area contributed by atoms with Gasteiger partial charge in [-0.25, -0.2) is 0 Å². The van der Waals surface area contributed by atoms with Crippen LogP contribution in [0.5, 0.6) is 0 Å². The quantitative estimate of drug-likeness (QED) is 0.490. The van der Waals surface area contributed by atoms with Crippen molar-refractivity contribution in [3.63, 3.8) is 0 Å². The summed E-state index contributed by atoms with van der Waals surface area (Å²) < 4.78 is 4.82. The summed E-state index contributed by atoms with van der Waals surface area (Å²) in [6, 6.07) is 0.200. The van der Waals surface area contributed by atoms with Crippen molar-refractivity contribution in [2.24, 2.45) is 0 Å². The zero-order chi connectivity index (χ0) is 11.8. The Hall–Kier alpha value is -1.14. The van der Waals surface area contributed by atoms with Gasteiger partial charge >= 0.3 is 0 Å². The van der Waals surface area contributed by atoms with Crippen LogP contribution in [0.25, 0.3) is 0 Å². The van der Waals surface area contributed by atoms with Crippen LogP contribution in [-0.2, 0) is 14.3 Å². The fourth-order valence-electron chi connectivity index (χ4n) is 1.50. The summed E-state index contributed by atoms with van der Waals surface area (Å²) in [5.41, 5.74) is 0. The van der Waals surface area contributed by atoms with Gasteiger partial charge in [0.2, 0.25) is 11.8 Å². The molecule has 6 heteroatoms. The van der Waals surface area contributed by atoms with Crippen molar-refractivity contribution in [3.8, 4) is 0 Å². The molecule has 0 aliphatic carbocycles. The van der Waals surface area contributed by atoms with Gasteiger partial charge in [-0.1, -0.05) is 0 Å². The lowest BCUT2D eigenvalue weighted by molar-refractivity contribution is -0.122. The molecule has 6 nitrogen and oxygen atoms in total. The number of carbonyl (C=O) groups excluding carboxylic acids is 2. The highest BCUT2D eigenvalue weighted by Crippen LogP contribution is 2.01. The van der Waals surface area contributed by atoms with Crippen LogP contribution in [0.4, 0.5) is 0 Å². The van der Waals surface area contributed by atoms with Crippen LogP contribution in [0.15, 0.2) is 0 Å². The summed E-state index contributed by atoms with van der Waals surface area (Å²) in [5, 5.41) is 8.57. The Morgan fingerprint density at radius 3 is 3.06 bits per heavy atom. The lowest BCUT2D eigenvalue weighted by atomic mass is 10.1. The molecule has 0 bridgehead atoms. The highest BCUT2D eigenvalue weighted by molar-refractivity contribution is 5.78. The molecule has 0 aromatic heterocycles. The number of hydrogen-bond acceptors (Lipinski definition) is 4. The number of carbonyl (C=O) groups is 2. The lowest BCUT2D eigenvalue weighted by Crippen LogP contribution is -2.48. The Balaban J connectivity index is 2.05. The minimum absolute atomic E-state index is 0.0473. The summed E-state index contributed by atoms with van der Waals surface area (Å²) in [5.74, 6) is 0.0385. The topological polar surface area (TPSA) is 79.5 Å². The summed E-state index contributed by atoms with van der Waals surface area (Å²) in [6.45, 7) is 1.93. The molecular formula is C10H19N3O3. The number of amides is 2. The molecule has 0 radical (unpaired) electrons. The molecule has 0 aromatic rings. The molecule has 1 rings (SSSR count). The normalized spacial score (nSPS) is 20.3. The molecule has 1 heterocycles. The van der Waals surface area contributed by atoms with Crippen molar-refractivity contribution in [1.29, 1.82) is 0 Å². The number of nitrogens with one attached hydrogen (secondary N) is 3. The van der Waals surface area contributed by atoms with Gasteiger partial charge in [-0.15, -0.1) is 0 Å². The largest absolute Gasteiger partial charge is 0.383 e. The number of rotatable bonds is 6. The van der Waals surface area contributed by atoms with Gasteiger partial charge < -0.3 is 20.7 Å². The van der Waals surface area contributed by atoms with E-state index in [0.29, 0.717) is 26.1 Å². The molecule has 16 heavy (non-hydrogen) atoms. The van der Waals surface area contributed by atoms with E-state index in [2.05, 4.69) is 16.0 Å². The summed E-state index contributed by atoms with van der Waals surface area (Å²) >= 11 is 0. The molecular weight excluding hydrogens is 210 g/mol. The van der Waals surface area contributed by atoms with E-state index in [0.717, 1.165) is 6.42 Å². The first-order valence-corrected chi connectivity index (χ1v) is 5.48. The highest BCUT2D eigenvalue weighted by Gasteiger charge is 2.17. The molecule has 1 atom stereocenters. The van der Waals surface area contributed by atoms with Crippen molar-refractivity contribution < 1.29 is 14.3 Å². The van der Waals surface area contributed by atoms with E-state index in [1.54, 1.807) is 7.11 Å². The maximum atomic E-state index is 11.3. The molecule has 1 aliphatic heterocycles. The monoisotopic (exact) mass is 229 g/mol. The molecule has 1 aliphatic rings. The zero-order valence-electron chi connectivity index (χ0n) is 9.54. The Bertz CT molecular complexity index is 235. The van der Waals surface area contributed by atoms with E-state index in [4.69, 9.17) is 4.74 Å². The number of methoxy groups -OCH3 is 1. The third-order valence-corrected chi connectivity index (χ3v) is 2.45. The van der Waals surface area contributed by atoms with E-state index in [1.807, 2.05) is 0 Å². The number of ether oxygens (including phenoxy) is 1. The Morgan fingerprint density at radius 2 is 2.44 bits per heavy atom. The summed E-state index contributed by atoms with van der Waals surface area (Å²) in [7, 11) is 1.59. The molecule has 92 valence electrons. The average Bonchev–Trinajstić information content (AvgIpc) is 2.29. The van der Waals surface area contributed by atoms with Crippen LogP contribution in [-0.4, -0.2) is 51.2 Å². The van der Waals surface area contributed by atoms with Crippen molar-refractivity contribution in [1.82, 2.24) is 16.0 Å². The maximum absolute atomic E-state index is 11.3. The van der Waals surface area contributed by atoms with Gasteiger partial charge in [0.15, 0.2) is 0 Å². The Labute approximate surface area is 95.1 Å². The third-order valence-electron chi connectivity index (χ3n) is 2.45. The van der Waals surface area contributed by atoms with E-state index in [-0.39, 0.29) is 24.4 Å². The molecule has 0 spiro atoms. The van der Waals surface area contributed by atoms with E-state index in [9.17, 15) is 9.59 Å². The van der Waals surface area contributed by atoms with Crippen molar-refractivity contribution >= 4 is 11.8 Å². The molecule has 2 amide bonds. The average molecular weight is 229 g/mol. The lowest BCUT2D eigenvalue weighted by Gasteiger charge is -2.23. The van der Waals surface area contributed by atoms with Crippen LogP contribution < -0.4 is 16.0 Å². The first-order chi connectivity index (χ1) is 7.72. The first kappa shape index (κ1) is 12.9. The van der Waals surface area contributed by atoms with Crippen molar-refractivity contribution in [2.45, 2.75) is 18.9 Å². The molecule has 1 unspecified atom stereocenters. The third kappa shape index (κ3) is 5.09. The summed E-state index contributed by atoms with van der Waals surface area (Å²) in [6.07, 6.45) is 1.32. The standard InChI is InChI=1S/C10H19N3O3/c1-16-5-4-11-10(15)7-12-8-2-3-9(14)13-6-8/h8,12H,2-7H2,1H3,(H,11,15)(H,13,14). The van der Waals surface area contributed by atoms with Gasteiger partial charge in [-0.3, -0.25) is 9.59 Å². The zero-order valence-corrected chi connectivity index (χ0v) is 9.54. The van der Waals surface area contributed by atoms with Crippen LogP contribution in [0.2, 0.25) is 0 Å². The molecule has 1 saturated heterocycles. The van der Waals surface area contributed by atoms with Crippen LogP contribution in [0, 0.1) is 0 Å². The smallest absolute Gasteiger partial charge is 0.234 e. The number of piperidine rings is 1. The minimum Gasteiger partial charge on any atom is -0.383 e. The van der Waals surface area contributed by atoms with E-state index >= 15 is 0 Å². The van der Waals surface area contributed by atoms with Gasteiger partial charge in [0.05, 0.1) is 13.2 Å². The molecule has 1 fully saturated rings. The van der Waals surface area contributed by atoms with Crippen molar-refractivity contribution in [2.75, 3.05) is 33.4 Å². The fourth-order valence-corrected chi connectivity index (χ4v) is 1.50. The van der Waals surface area contributed by atoms with Crippen LogP contribution in [0.1, 0.15) is 12.8 Å². The molecule has 0 aromatic carbocycles. The van der Waals surface area contributed by atoms with E-state index in [1.165, 1.54) is 0 Å². The Morgan fingerprint density at radius 1 is 1.62 bits per heavy atom. The predicted octanol–water partition coefficient (Wildman–Crippen LogP) is -1.38. The van der Waals surface area contributed by atoms with E-state index < -0.39 is 0 Å².